The Labute approximate surface area is 281 Å². The lowest BCUT2D eigenvalue weighted by atomic mass is 10.2. The van der Waals surface area contributed by atoms with E-state index < -0.39 is 16.8 Å². The highest BCUT2D eigenvalue weighted by Gasteiger charge is 2.26. The molecule has 0 radical (unpaired) electrons. The van der Waals surface area contributed by atoms with Crippen molar-refractivity contribution in [2.24, 2.45) is 0 Å². The monoisotopic (exact) mass is 662 g/mol. The standard InChI is InChI=1S/C35H58N4O8/c1-33(2,3)45-30(41)24-37-17-15-36(23-29(40)44-27-28-13-11-10-12-14-28)16-18-38(25-31(42)46-34(4,5)6)20-22-39(21-19-37)26-32(43)47-35(7,8)9/h10-14H,15-27H2,1-9H3. The Hall–Kier alpha value is -3.06. The summed E-state index contributed by atoms with van der Waals surface area (Å²) in [4.78, 5) is 59.4. The number of ether oxygens (including phenoxy) is 4. The maximum Gasteiger partial charge on any atom is 0.320 e. The van der Waals surface area contributed by atoms with Gasteiger partial charge in [-0.2, -0.15) is 0 Å². The molecule has 266 valence electrons. The number of esters is 4. The molecule has 0 aromatic heterocycles. The van der Waals surface area contributed by atoms with E-state index in [1.165, 1.54) is 0 Å². The molecule has 1 aliphatic heterocycles. The Morgan fingerprint density at radius 1 is 0.489 bits per heavy atom. The molecule has 12 nitrogen and oxygen atoms in total. The molecule has 0 aliphatic carbocycles. The van der Waals surface area contributed by atoms with Crippen molar-refractivity contribution in [1.29, 1.82) is 0 Å². The fourth-order valence-electron chi connectivity index (χ4n) is 4.85. The lowest BCUT2D eigenvalue weighted by Crippen LogP contribution is -2.50. The number of rotatable bonds is 10. The minimum Gasteiger partial charge on any atom is -0.460 e. The van der Waals surface area contributed by atoms with Crippen molar-refractivity contribution in [2.75, 3.05) is 78.5 Å². The van der Waals surface area contributed by atoms with E-state index in [1.807, 2.05) is 112 Å². The van der Waals surface area contributed by atoms with Gasteiger partial charge in [0.2, 0.25) is 0 Å². The lowest BCUT2D eigenvalue weighted by molar-refractivity contribution is -0.158. The van der Waals surface area contributed by atoms with E-state index in [2.05, 4.69) is 0 Å². The van der Waals surface area contributed by atoms with Crippen LogP contribution in [-0.4, -0.2) is 139 Å². The molecule has 1 saturated heterocycles. The number of benzene rings is 1. The number of nitrogens with zero attached hydrogens (tertiary/aromatic N) is 4. The van der Waals surface area contributed by atoms with Gasteiger partial charge in [-0.25, -0.2) is 0 Å². The molecule has 1 aromatic rings. The second kappa shape index (κ2) is 18.5. The Bertz CT molecular complexity index is 1090. The van der Waals surface area contributed by atoms with Crippen molar-refractivity contribution in [3.63, 3.8) is 0 Å². The van der Waals surface area contributed by atoms with E-state index in [-0.39, 0.29) is 56.7 Å². The van der Waals surface area contributed by atoms with Gasteiger partial charge in [-0.15, -0.1) is 0 Å². The van der Waals surface area contributed by atoms with Crippen molar-refractivity contribution in [3.8, 4) is 0 Å². The Morgan fingerprint density at radius 2 is 0.766 bits per heavy atom. The van der Waals surface area contributed by atoms with Crippen LogP contribution >= 0.6 is 0 Å². The number of carbonyl (C=O) groups excluding carboxylic acids is 4. The first-order valence-electron chi connectivity index (χ1n) is 16.5. The molecule has 1 heterocycles. The molecular formula is C35H58N4O8. The van der Waals surface area contributed by atoms with Crippen LogP contribution < -0.4 is 0 Å². The summed E-state index contributed by atoms with van der Waals surface area (Å²) < 4.78 is 22.4. The van der Waals surface area contributed by atoms with Gasteiger partial charge < -0.3 is 18.9 Å². The zero-order chi connectivity index (χ0) is 35.3. The van der Waals surface area contributed by atoms with E-state index in [9.17, 15) is 19.2 Å². The summed E-state index contributed by atoms with van der Waals surface area (Å²) in [7, 11) is 0. The van der Waals surface area contributed by atoms with Gasteiger partial charge in [0.25, 0.3) is 0 Å². The van der Waals surface area contributed by atoms with Gasteiger partial charge in [0.1, 0.15) is 23.4 Å². The van der Waals surface area contributed by atoms with E-state index in [1.54, 1.807) is 0 Å². The fourth-order valence-corrected chi connectivity index (χ4v) is 4.85. The molecule has 1 aliphatic rings. The zero-order valence-electron chi connectivity index (χ0n) is 30.1. The highest BCUT2D eigenvalue weighted by Crippen LogP contribution is 2.12. The van der Waals surface area contributed by atoms with E-state index in [0.717, 1.165) is 5.56 Å². The smallest absolute Gasteiger partial charge is 0.320 e. The van der Waals surface area contributed by atoms with Crippen LogP contribution in [0.3, 0.4) is 0 Å². The average molecular weight is 663 g/mol. The summed E-state index contributed by atoms with van der Waals surface area (Å²) in [5.74, 6) is -1.40. The molecular weight excluding hydrogens is 604 g/mol. The van der Waals surface area contributed by atoms with Crippen molar-refractivity contribution < 1.29 is 38.1 Å². The Morgan fingerprint density at radius 3 is 1.04 bits per heavy atom. The van der Waals surface area contributed by atoms with Gasteiger partial charge in [0.05, 0.1) is 26.2 Å². The first kappa shape index (κ1) is 40.1. The molecule has 12 heteroatoms. The van der Waals surface area contributed by atoms with E-state index >= 15 is 0 Å². The molecule has 0 unspecified atom stereocenters. The molecule has 0 bridgehead atoms. The maximum atomic E-state index is 12.9. The summed E-state index contributed by atoms with van der Waals surface area (Å²) in [5, 5.41) is 0. The molecule has 0 amide bonds. The van der Waals surface area contributed by atoms with Crippen molar-refractivity contribution in [2.45, 2.75) is 85.7 Å². The van der Waals surface area contributed by atoms with Crippen LogP contribution in [0.5, 0.6) is 0 Å². The summed E-state index contributed by atoms with van der Waals surface area (Å²) in [6.07, 6.45) is 0. The van der Waals surface area contributed by atoms with Crippen LogP contribution in [0.2, 0.25) is 0 Å². The fraction of sp³-hybridized carbons (Fsp3) is 0.714. The minimum absolute atomic E-state index is 0.0537. The van der Waals surface area contributed by atoms with Gasteiger partial charge in [0, 0.05) is 52.4 Å². The van der Waals surface area contributed by atoms with Crippen LogP contribution in [0.25, 0.3) is 0 Å². The average Bonchev–Trinajstić information content (AvgIpc) is 2.90. The number of carbonyl (C=O) groups is 4. The lowest BCUT2D eigenvalue weighted by Gasteiger charge is -2.34. The van der Waals surface area contributed by atoms with Gasteiger partial charge in [-0.1, -0.05) is 30.3 Å². The normalized spacial score (nSPS) is 17.2. The quantitative estimate of drug-likeness (QED) is 0.271. The van der Waals surface area contributed by atoms with Gasteiger partial charge in [-0.3, -0.25) is 38.8 Å². The third-order valence-corrected chi connectivity index (χ3v) is 6.84. The molecule has 2 rings (SSSR count). The summed E-state index contributed by atoms with van der Waals surface area (Å²) in [6.45, 7) is 20.7. The van der Waals surface area contributed by atoms with Crippen LogP contribution in [0.4, 0.5) is 0 Å². The first-order chi connectivity index (χ1) is 21.8. The largest absolute Gasteiger partial charge is 0.460 e. The molecule has 47 heavy (non-hydrogen) atoms. The van der Waals surface area contributed by atoms with E-state index in [4.69, 9.17) is 18.9 Å². The van der Waals surface area contributed by atoms with Crippen molar-refractivity contribution in [3.05, 3.63) is 35.9 Å². The van der Waals surface area contributed by atoms with Crippen molar-refractivity contribution >= 4 is 23.9 Å². The molecule has 1 aromatic carbocycles. The van der Waals surface area contributed by atoms with Crippen LogP contribution in [0, 0.1) is 0 Å². The van der Waals surface area contributed by atoms with Gasteiger partial charge >= 0.3 is 23.9 Å². The maximum absolute atomic E-state index is 12.9. The number of hydrogen-bond donors (Lipinski definition) is 0. The highest BCUT2D eigenvalue weighted by atomic mass is 16.6. The van der Waals surface area contributed by atoms with Crippen molar-refractivity contribution in [1.82, 2.24) is 19.6 Å². The van der Waals surface area contributed by atoms with Gasteiger partial charge in [0.15, 0.2) is 0 Å². The summed E-state index contributed by atoms with van der Waals surface area (Å²) >= 11 is 0. The highest BCUT2D eigenvalue weighted by molar-refractivity contribution is 5.73. The summed E-state index contributed by atoms with van der Waals surface area (Å²) in [6, 6.07) is 9.50. The SMILES string of the molecule is CC(C)(C)OC(=O)CN1CCN(CC(=O)OCc2ccccc2)CCN(CC(=O)OC(C)(C)C)CCN(CC(=O)OC(C)(C)C)CC1. The molecule has 0 atom stereocenters. The third kappa shape index (κ3) is 19.4. The topological polar surface area (TPSA) is 118 Å². The Kier molecular flexibility index (Phi) is 15.8. The summed E-state index contributed by atoms with van der Waals surface area (Å²) in [5.41, 5.74) is -0.977. The Balaban J connectivity index is 2.25. The zero-order valence-corrected chi connectivity index (χ0v) is 30.1. The molecule has 1 fully saturated rings. The molecule has 0 spiro atoms. The third-order valence-electron chi connectivity index (χ3n) is 6.84. The van der Waals surface area contributed by atoms with Crippen LogP contribution in [-0.2, 0) is 44.7 Å². The molecule has 0 N–H and O–H groups in total. The van der Waals surface area contributed by atoms with Crippen LogP contribution in [0.1, 0.15) is 67.9 Å². The second-order valence-corrected chi connectivity index (χ2v) is 15.0. The van der Waals surface area contributed by atoms with Gasteiger partial charge in [-0.05, 0) is 67.9 Å². The first-order valence-corrected chi connectivity index (χ1v) is 16.5. The van der Waals surface area contributed by atoms with E-state index in [0.29, 0.717) is 52.4 Å². The number of hydrogen-bond acceptors (Lipinski definition) is 12. The second-order valence-electron chi connectivity index (χ2n) is 15.0. The predicted octanol–water partition coefficient (Wildman–Crippen LogP) is 2.98. The minimum atomic E-state index is -0.627. The predicted molar refractivity (Wildman–Crippen MR) is 180 cm³/mol. The molecule has 0 saturated carbocycles. The van der Waals surface area contributed by atoms with Crippen LogP contribution in [0.15, 0.2) is 30.3 Å².